The quantitative estimate of drug-likeness (QED) is 0.161. The van der Waals surface area contributed by atoms with Crippen LogP contribution in [0, 0.1) is 11.3 Å². The predicted molar refractivity (Wildman–Crippen MR) is 291 cm³/mol. The van der Waals surface area contributed by atoms with Crippen LogP contribution in [0.2, 0.25) is 0 Å². The van der Waals surface area contributed by atoms with Crippen LogP contribution in [0.4, 0.5) is 33.4 Å². The average molecular weight is 900 g/mol. The maximum absolute atomic E-state index is 9.87. The Hall–Kier alpha value is -7.91. The second-order valence-electron chi connectivity index (χ2n) is 20.3. The van der Waals surface area contributed by atoms with Crippen molar-refractivity contribution in [2.24, 2.45) is 0 Å². The molecule has 1 aliphatic carbocycles. The highest BCUT2D eigenvalue weighted by molar-refractivity contribution is 7.26. The van der Waals surface area contributed by atoms with Crippen LogP contribution in [-0.2, 0) is 10.8 Å². The lowest BCUT2D eigenvalue weighted by molar-refractivity contribution is 0.350. The van der Waals surface area contributed by atoms with E-state index in [4.69, 9.17) is 0 Å². The average Bonchev–Trinajstić information content (AvgIpc) is 3.78. The van der Waals surface area contributed by atoms with E-state index in [-0.39, 0.29) is 17.5 Å². The molecule has 9 aromatic carbocycles. The second kappa shape index (κ2) is 14.8. The van der Waals surface area contributed by atoms with Gasteiger partial charge in [0.1, 0.15) is 0 Å². The monoisotopic (exact) mass is 899 g/mol. The van der Waals surface area contributed by atoms with E-state index in [0.717, 1.165) is 35.3 Å². The Morgan fingerprint density at radius 2 is 1.04 bits per heavy atom. The van der Waals surface area contributed by atoms with Crippen LogP contribution in [0.15, 0.2) is 200 Å². The molecule has 0 amide bonds. The van der Waals surface area contributed by atoms with Crippen molar-refractivity contribution in [2.75, 3.05) is 9.80 Å². The van der Waals surface area contributed by atoms with Gasteiger partial charge in [-0.05, 0) is 168 Å². The predicted octanol–water partition coefficient (Wildman–Crippen LogP) is 15.2. The number of hydrogen-bond donors (Lipinski definition) is 0. The van der Waals surface area contributed by atoms with Gasteiger partial charge in [0.15, 0.2) is 0 Å². The maximum Gasteiger partial charge on any atom is 0.254 e. The lowest BCUT2D eigenvalue weighted by Gasteiger charge is -2.45. The van der Waals surface area contributed by atoms with Crippen molar-refractivity contribution in [3.63, 3.8) is 0 Å². The summed E-state index contributed by atoms with van der Waals surface area (Å²) in [7, 11) is 0. The van der Waals surface area contributed by atoms with Gasteiger partial charge in [0.05, 0.1) is 16.6 Å². The normalized spacial score (nSPS) is 16.6. The molecular weight excluding hydrogens is 854 g/mol. The molecule has 0 spiro atoms. The van der Waals surface area contributed by atoms with E-state index in [1.807, 2.05) is 23.5 Å². The van der Waals surface area contributed by atoms with Crippen molar-refractivity contribution in [3.05, 3.63) is 222 Å². The van der Waals surface area contributed by atoms with Crippen molar-refractivity contribution in [3.8, 4) is 50.6 Å². The summed E-state index contributed by atoms with van der Waals surface area (Å²) in [6.07, 6.45) is 2.21. The fourth-order valence-corrected chi connectivity index (χ4v) is 13.5. The number of nitriles is 1. The minimum Gasteiger partial charge on any atom is -0.311 e. The molecule has 0 saturated carbocycles. The molecule has 5 heteroatoms. The number of rotatable bonds is 5. The summed E-state index contributed by atoms with van der Waals surface area (Å²) in [6.45, 7) is 7.37. The van der Waals surface area contributed by atoms with Crippen molar-refractivity contribution in [2.45, 2.75) is 44.4 Å². The molecule has 4 heterocycles. The minimum absolute atomic E-state index is 0.0279. The third-order valence-corrected chi connectivity index (χ3v) is 17.2. The molecule has 0 radical (unpaired) electrons. The van der Waals surface area contributed by atoms with Crippen LogP contribution in [0.3, 0.4) is 0 Å². The molecule has 0 fully saturated rings. The molecule has 0 N–H and O–H groups in total. The van der Waals surface area contributed by atoms with Gasteiger partial charge in [-0.25, -0.2) is 0 Å². The van der Waals surface area contributed by atoms with Crippen LogP contribution in [0.5, 0.6) is 0 Å². The molecule has 10 aromatic rings. The highest BCUT2D eigenvalue weighted by Gasteiger charge is 2.48. The summed E-state index contributed by atoms with van der Waals surface area (Å²) in [5.74, 6) is 0. The molecule has 326 valence electrons. The van der Waals surface area contributed by atoms with E-state index in [1.165, 1.54) is 98.6 Å². The highest BCUT2D eigenvalue weighted by Crippen LogP contribution is 2.55. The first kappa shape index (κ1) is 40.2. The Kier molecular flexibility index (Phi) is 8.62. The number of thiophene rings is 1. The molecule has 3 nitrogen and oxygen atoms in total. The number of benzene rings is 9. The summed E-state index contributed by atoms with van der Waals surface area (Å²) in [4.78, 5) is 5.11. The molecule has 6 bridgehead atoms. The van der Waals surface area contributed by atoms with Gasteiger partial charge in [0.2, 0.25) is 0 Å². The van der Waals surface area contributed by atoms with Gasteiger partial charge in [-0.1, -0.05) is 154 Å². The molecular formula is C64H46BN3S. The van der Waals surface area contributed by atoms with E-state index in [9.17, 15) is 5.26 Å². The van der Waals surface area contributed by atoms with Gasteiger partial charge in [-0.15, -0.1) is 11.3 Å². The van der Waals surface area contributed by atoms with E-state index < -0.39 is 0 Å². The van der Waals surface area contributed by atoms with Gasteiger partial charge < -0.3 is 9.80 Å². The van der Waals surface area contributed by atoms with E-state index in [1.54, 1.807) is 0 Å². The number of fused-ring (bicyclic) bond motifs is 5. The van der Waals surface area contributed by atoms with E-state index >= 15 is 0 Å². The number of anilines is 6. The summed E-state index contributed by atoms with van der Waals surface area (Å²) in [5.41, 5.74) is 24.1. The summed E-state index contributed by atoms with van der Waals surface area (Å²) >= 11 is 1.95. The maximum atomic E-state index is 9.87. The van der Waals surface area contributed by atoms with Crippen molar-refractivity contribution >= 4 is 78.0 Å². The Labute approximate surface area is 408 Å². The fourth-order valence-electron chi connectivity index (χ4n) is 12.2. The lowest BCUT2D eigenvalue weighted by Crippen LogP contribution is -2.61. The summed E-state index contributed by atoms with van der Waals surface area (Å²) in [6, 6.07) is 77.0. The first-order chi connectivity index (χ1) is 33.7. The molecule has 3 aliphatic heterocycles. The molecule has 69 heavy (non-hydrogen) atoms. The van der Waals surface area contributed by atoms with Crippen LogP contribution >= 0.6 is 11.3 Å². The van der Waals surface area contributed by atoms with Crippen LogP contribution in [0.1, 0.15) is 55.9 Å². The Morgan fingerprint density at radius 3 is 1.71 bits per heavy atom. The minimum atomic E-state index is -0.151. The van der Waals surface area contributed by atoms with Gasteiger partial charge in [-0.2, -0.15) is 5.26 Å². The number of nitrogens with zero attached hydrogens (tertiary/aromatic N) is 3. The zero-order chi connectivity index (χ0) is 46.2. The molecule has 4 aliphatic rings. The fraction of sp³-hybridized carbons (Fsp3) is 0.109. The zero-order valence-electron chi connectivity index (χ0n) is 38.8. The standard InChI is InChI=1S/C64H46BN3S/c1-63(2)31-32-64(3)49-16-10-15-46(33-49)47-25-30-56-55(34-47)65-60-52-37-54(64)53(63)38-59(52)69-62(60)68(51-28-23-44(24-29-51)42-13-8-5-9-14-42)58-36-48(45-19-17-40(39-66)18-20-45)35-57(61(58)65)67(56)50-26-21-43(22-27-50)41-11-6-4-7-12-41/h4-30,33-38H,31-32H2,1-3H3. The second-order valence-corrected chi connectivity index (χ2v) is 21.4. The SMILES string of the molecule is CC1(C)CCC2(C)c3cccc(c3)-c3ccc4c(c3)B3c5c(cc(-c6ccc(C#N)cc6)cc5N(c5ccc(-c6ccccc6)cc5)c5sc6cc1c2cc6c53)N4c1ccc(-c2ccccc2)cc1. The Bertz CT molecular complexity index is 3770. The smallest absolute Gasteiger partial charge is 0.254 e. The first-order valence-corrected chi connectivity index (χ1v) is 25.0. The van der Waals surface area contributed by atoms with Crippen molar-refractivity contribution in [1.82, 2.24) is 0 Å². The van der Waals surface area contributed by atoms with Gasteiger partial charge in [0.25, 0.3) is 6.71 Å². The summed E-state index contributed by atoms with van der Waals surface area (Å²) in [5, 5.41) is 12.5. The zero-order valence-corrected chi connectivity index (χ0v) is 39.6. The van der Waals surface area contributed by atoms with Crippen LogP contribution < -0.4 is 26.2 Å². The largest absolute Gasteiger partial charge is 0.311 e. The topological polar surface area (TPSA) is 30.3 Å². The van der Waals surface area contributed by atoms with E-state index in [0.29, 0.717) is 5.56 Å². The highest BCUT2D eigenvalue weighted by atomic mass is 32.1. The third-order valence-electron chi connectivity index (χ3n) is 16.0. The van der Waals surface area contributed by atoms with Crippen molar-refractivity contribution < 1.29 is 0 Å². The molecule has 14 rings (SSSR count). The van der Waals surface area contributed by atoms with Crippen molar-refractivity contribution in [1.29, 1.82) is 5.26 Å². The Balaban J connectivity index is 1.11. The Morgan fingerprint density at radius 1 is 0.478 bits per heavy atom. The van der Waals surface area contributed by atoms with Gasteiger partial charge in [-0.3, -0.25) is 0 Å². The lowest BCUT2D eigenvalue weighted by atomic mass is 9.33. The summed E-state index contributed by atoms with van der Waals surface area (Å²) < 4.78 is 1.34. The third kappa shape index (κ3) is 5.98. The first-order valence-electron chi connectivity index (χ1n) is 24.2. The van der Waals surface area contributed by atoms with E-state index in [2.05, 4.69) is 225 Å². The van der Waals surface area contributed by atoms with Crippen LogP contribution in [0.25, 0.3) is 54.6 Å². The molecule has 1 atom stereocenters. The van der Waals surface area contributed by atoms with Gasteiger partial charge in [0, 0.05) is 38.6 Å². The van der Waals surface area contributed by atoms with Crippen LogP contribution in [-0.4, -0.2) is 6.71 Å². The molecule has 1 unspecified atom stereocenters. The molecule has 0 saturated heterocycles. The van der Waals surface area contributed by atoms with Gasteiger partial charge >= 0.3 is 0 Å². The number of hydrogen-bond acceptors (Lipinski definition) is 4. The molecule has 1 aromatic heterocycles.